The molecule has 5 nitrogen and oxygen atoms in total. The Labute approximate surface area is 115 Å². The van der Waals surface area contributed by atoms with Gasteiger partial charge in [0.1, 0.15) is 0 Å². The van der Waals surface area contributed by atoms with Crippen molar-refractivity contribution in [3.63, 3.8) is 0 Å². The van der Waals surface area contributed by atoms with Crippen molar-refractivity contribution in [1.82, 2.24) is 10.2 Å². The summed E-state index contributed by atoms with van der Waals surface area (Å²) < 4.78 is 10.4. The molecule has 1 N–H and O–H groups in total. The van der Waals surface area contributed by atoms with Crippen LogP contribution in [0.1, 0.15) is 32.6 Å². The number of likely N-dealkylation sites (tertiary alicyclic amines) is 1. The summed E-state index contributed by atoms with van der Waals surface area (Å²) in [4.78, 5) is 13.4. The summed E-state index contributed by atoms with van der Waals surface area (Å²) >= 11 is 0. The van der Waals surface area contributed by atoms with Crippen molar-refractivity contribution in [2.24, 2.45) is 5.92 Å². The zero-order valence-corrected chi connectivity index (χ0v) is 11.9. The van der Waals surface area contributed by atoms with E-state index in [1.165, 1.54) is 12.8 Å². The minimum Gasteiger partial charge on any atom is -0.450 e. The maximum Gasteiger partial charge on any atom is 0.409 e. The Morgan fingerprint density at radius 3 is 2.58 bits per heavy atom. The first-order valence-corrected chi connectivity index (χ1v) is 7.52. The van der Waals surface area contributed by atoms with Crippen LogP contribution in [0.4, 0.5) is 4.79 Å². The first-order chi connectivity index (χ1) is 9.29. The third-order valence-electron chi connectivity index (χ3n) is 4.06. The van der Waals surface area contributed by atoms with E-state index in [9.17, 15) is 4.79 Å². The number of rotatable bonds is 4. The zero-order valence-electron chi connectivity index (χ0n) is 11.9. The van der Waals surface area contributed by atoms with Gasteiger partial charge in [-0.15, -0.1) is 0 Å². The smallest absolute Gasteiger partial charge is 0.409 e. The third-order valence-corrected chi connectivity index (χ3v) is 4.06. The van der Waals surface area contributed by atoms with Crippen LogP contribution in [0.5, 0.6) is 0 Å². The molecule has 0 aromatic carbocycles. The number of ether oxygens (including phenoxy) is 2. The van der Waals surface area contributed by atoms with Gasteiger partial charge in [0.2, 0.25) is 0 Å². The predicted molar refractivity (Wildman–Crippen MR) is 73.2 cm³/mol. The summed E-state index contributed by atoms with van der Waals surface area (Å²) in [7, 11) is 0. The normalized spacial score (nSPS) is 22.5. The molecule has 2 rings (SSSR count). The molecule has 0 bridgehead atoms. The number of nitrogens with zero attached hydrogens (tertiary/aromatic N) is 1. The molecule has 0 aromatic rings. The number of hydrogen-bond acceptors (Lipinski definition) is 4. The van der Waals surface area contributed by atoms with Gasteiger partial charge in [-0.2, -0.15) is 0 Å². The minimum atomic E-state index is -0.162. The molecule has 0 aliphatic carbocycles. The van der Waals surface area contributed by atoms with Gasteiger partial charge in [-0.3, -0.25) is 0 Å². The maximum absolute atomic E-state index is 11.6. The highest BCUT2D eigenvalue weighted by molar-refractivity contribution is 5.67. The quantitative estimate of drug-likeness (QED) is 0.843. The van der Waals surface area contributed by atoms with Gasteiger partial charge in [-0.1, -0.05) is 0 Å². The van der Waals surface area contributed by atoms with E-state index in [2.05, 4.69) is 5.32 Å². The van der Waals surface area contributed by atoms with Gasteiger partial charge in [-0.25, -0.2) is 4.79 Å². The van der Waals surface area contributed by atoms with Gasteiger partial charge < -0.3 is 19.7 Å². The maximum atomic E-state index is 11.6. The van der Waals surface area contributed by atoms with E-state index >= 15 is 0 Å². The van der Waals surface area contributed by atoms with E-state index in [-0.39, 0.29) is 6.09 Å². The molecule has 0 unspecified atom stereocenters. The van der Waals surface area contributed by atoms with Crippen molar-refractivity contribution in [3.8, 4) is 0 Å². The SMILES string of the molecule is CCOC(=O)N1CCC(NCC2CCOCC2)CC1. The summed E-state index contributed by atoms with van der Waals surface area (Å²) in [5.74, 6) is 0.761. The molecule has 0 aromatic heterocycles. The highest BCUT2D eigenvalue weighted by Crippen LogP contribution is 2.16. The van der Waals surface area contributed by atoms with Crippen molar-refractivity contribution in [2.45, 2.75) is 38.6 Å². The average Bonchev–Trinajstić information content (AvgIpc) is 2.47. The van der Waals surface area contributed by atoms with Crippen molar-refractivity contribution >= 4 is 6.09 Å². The molecule has 5 heteroatoms. The summed E-state index contributed by atoms with van der Waals surface area (Å²) in [5.41, 5.74) is 0. The lowest BCUT2D eigenvalue weighted by Crippen LogP contribution is -2.46. The fourth-order valence-corrected chi connectivity index (χ4v) is 2.76. The predicted octanol–water partition coefficient (Wildman–Crippen LogP) is 1.62. The molecule has 1 amide bonds. The Kier molecular flexibility index (Phi) is 5.92. The highest BCUT2D eigenvalue weighted by atomic mass is 16.6. The van der Waals surface area contributed by atoms with Crippen LogP contribution >= 0.6 is 0 Å². The van der Waals surface area contributed by atoms with E-state index in [4.69, 9.17) is 9.47 Å². The van der Waals surface area contributed by atoms with Crippen LogP contribution in [0.3, 0.4) is 0 Å². The van der Waals surface area contributed by atoms with Gasteiger partial charge in [-0.05, 0) is 45.1 Å². The number of carbonyl (C=O) groups excluding carboxylic acids is 1. The van der Waals surface area contributed by atoms with Crippen molar-refractivity contribution in [1.29, 1.82) is 0 Å². The number of piperidine rings is 1. The summed E-state index contributed by atoms with van der Waals surface area (Å²) in [5, 5.41) is 3.65. The molecular formula is C14H26N2O3. The molecule has 2 heterocycles. The Hall–Kier alpha value is -0.810. The van der Waals surface area contributed by atoms with E-state index < -0.39 is 0 Å². The fourth-order valence-electron chi connectivity index (χ4n) is 2.76. The van der Waals surface area contributed by atoms with Crippen molar-refractivity contribution in [3.05, 3.63) is 0 Å². The van der Waals surface area contributed by atoms with Crippen LogP contribution in [0, 0.1) is 5.92 Å². The molecule has 0 radical (unpaired) electrons. The molecule has 2 aliphatic heterocycles. The highest BCUT2D eigenvalue weighted by Gasteiger charge is 2.24. The molecule has 2 fully saturated rings. The van der Waals surface area contributed by atoms with Crippen LogP contribution < -0.4 is 5.32 Å². The molecule has 2 saturated heterocycles. The number of carbonyl (C=O) groups is 1. The second kappa shape index (κ2) is 7.70. The summed E-state index contributed by atoms with van der Waals surface area (Å²) in [6, 6.07) is 0.550. The van der Waals surface area contributed by atoms with Crippen molar-refractivity contribution < 1.29 is 14.3 Å². The monoisotopic (exact) mass is 270 g/mol. The van der Waals surface area contributed by atoms with Crippen LogP contribution in [0.25, 0.3) is 0 Å². The Balaban J connectivity index is 1.61. The first kappa shape index (κ1) is 14.6. The zero-order chi connectivity index (χ0) is 13.5. The van der Waals surface area contributed by atoms with Gasteiger partial charge >= 0.3 is 6.09 Å². The van der Waals surface area contributed by atoms with Gasteiger partial charge in [0.25, 0.3) is 0 Å². The van der Waals surface area contributed by atoms with Gasteiger partial charge in [0, 0.05) is 32.3 Å². The molecular weight excluding hydrogens is 244 g/mol. The Morgan fingerprint density at radius 2 is 1.95 bits per heavy atom. The van der Waals surface area contributed by atoms with Crippen LogP contribution in [0.2, 0.25) is 0 Å². The molecule has 110 valence electrons. The largest absolute Gasteiger partial charge is 0.450 e. The van der Waals surface area contributed by atoms with Crippen LogP contribution in [-0.2, 0) is 9.47 Å². The lowest BCUT2D eigenvalue weighted by atomic mass is 9.98. The van der Waals surface area contributed by atoms with Crippen LogP contribution in [0.15, 0.2) is 0 Å². The third kappa shape index (κ3) is 4.66. The van der Waals surface area contributed by atoms with E-state index in [1.807, 2.05) is 11.8 Å². The first-order valence-electron chi connectivity index (χ1n) is 7.52. The fraction of sp³-hybridized carbons (Fsp3) is 0.929. The molecule has 19 heavy (non-hydrogen) atoms. The Morgan fingerprint density at radius 1 is 1.26 bits per heavy atom. The van der Waals surface area contributed by atoms with E-state index in [1.54, 1.807) is 0 Å². The topological polar surface area (TPSA) is 50.8 Å². The minimum absolute atomic E-state index is 0.162. The summed E-state index contributed by atoms with van der Waals surface area (Å²) in [6.45, 7) is 6.84. The molecule has 0 atom stereocenters. The molecule has 2 aliphatic rings. The standard InChI is InChI=1S/C14H26N2O3/c1-2-19-14(17)16-7-3-13(4-8-16)15-11-12-5-9-18-10-6-12/h12-13,15H,2-11H2,1H3. The lowest BCUT2D eigenvalue weighted by molar-refractivity contribution is 0.0634. The second-order valence-corrected chi connectivity index (χ2v) is 5.42. The van der Waals surface area contributed by atoms with E-state index in [0.29, 0.717) is 12.6 Å². The number of nitrogens with one attached hydrogen (secondary N) is 1. The molecule has 0 saturated carbocycles. The number of amides is 1. The van der Waals surface area contributed by atoms with Gasteiger partial charge in [0.15, 0.2) is 0 Å². The van der Waals surface area contributed by atoms with E-state index in [0.717, 1.165) is 51.6 Å². The lowest BCUT2D eigenvalue weighted by Gasteiger charge is -2.33. The summed E-state index contributed by atoms with van der Waals surface area (Å²) in [6.07, 6.45) is 4.25. The number of hydrogen-bond donors (Lipinski definition) is 1. The van der Waals surface area contributed by atoms with Gasteiger partial charge in [0.05, 0.1) is 6.61 Å². The molecule has 0 spiro atoms. The van der Waals surface area contributed by atoms with Crippen molar-refractivity contribution in [2.75, 3.05) is 39.5 Å². The van der Waals surface area contributed by atoms with Crippen LogP contribution in [-0.4, -0.2) is 56.5 Å². The second-order valence-electron chi connectivity index (χ2n) is 5.42. The average molecular weight is 270 g/mol. The Bertz CT molecular complexity index is 272.